The summed E-state index contributed by atoms with van der Waals surface area (Å²) in [7, 11) is 0. The van der Waals surface area contributed by atoms with Gasteiger partial charge in [-0.3, -0.25) is 10.5 Å². The van der Waals surface area contributed by atoms with Gasteiger partial charge in [-0.1, -0.05) is 11.6 Å². The molecule has 5 nitrogen and oxygen atoms in total. The second kappa shape index (κ2) is 6.57. The van der Waals surface area contributed by atoms with E-state index < -0.39 is 0 Å². The number of H-pyrrole nitrogens is 1. The Bertz CT molecular complexity index is 897. The summed E-state index contributed by atoms with van der Waals surface area (Å²) in [6.45, 7) is 0. The number of benzene rings is 1. The van der Waals surface area contributed by atoms with E-state index in [9.17, 15) is 0 Å². The zero-order valence-corrected chi connectivity index (χ0v) is 17.3. The molecule has 1 heterocycles. The number of nitrogens with zero attached hydrogens (tertiary/aromatic N) is 2. The Morgan fingerprint density at radius 1 is 1.11 bits per heavy atom. The summed E-state index contributed by atoms with van der Waals surface area (Å²) in [5.74, 6) is 3.55. The summed E-state index contributed by atoms with van der Waals surface area (Å²) in [5.41, 5.74) is 4.26. The molecule has 1 aromatic heterocycles. The molecule has 4 aliphatic rings. The van der Waals surface area contributed by atoms with E-state index in [4.69, 9.17) is 36.0 Å². The van der Waals surface area contributed by atoms with Gasteiger partial charge in [0, 0.05) is 16.1 Å². The van der Waals surface area contributed by atoms with Gasteiger partial charge in [-0.15, -0.1) is 0 Å². The van der Waals surface area contributed by atoms with Gasteiger partial charge in [0.1, 0.15) is 0 Å². The van der Waals surface area contributed by atoms with Crippen molar-refractivity contribution in [3.63, 3.8) is 0 Å². The van der Waals surface area contributed by atoms with E-state index in [1.807, 2.05) is 28.9 Å². The number of anilines is 1. The number of rotatable bonds is 3. The summed E-state index contributed by atoms with van der Waals surface area (Å²) in [5, 5.41) is 12.0. The van der Waals surface area contributed by atoms with E-state index >= 15 is 0 Å². The first-order valence-corrected chi connectivity index (χ1v) is 10.7. The van der Waals surface area contributed by atoms with Crippen molar-refractivity contribution in [2.75, 3.05) is 10.7 Å². The maximum atomic E-state index is 5.95. The molecule has 8 heteroatoms. The molecule has 0 amide bonds. The van der Waals surface area contributed by atoms with Crippen molar-refractivity contribution in [2.45, 2.75) is 43.9 Å². The van der Waals surface area contributed by atoms with Crippen molar-refractivity contribution in [1.82, 2.24) is 14.9 Å². The highest BCUT2D eigenvalue weighted by Crippen LogP contribution is 2.60. The van der Waals surface area contributed by atoms with Gasteiger partial charge in [0.25, 0.3) is 0 Å². The average Bonchev–Trinajstić information content (AvgIpc) is 2.97. The number of nitrogens with one attached hydrogen (secondary N) is 3. The third-order valence-electron chi connectivity index (χ3n) is 6.50. The lowest BCUT2D eigenvalue weighted by atomic mass is 9.49. The van der Waals surface area contributed by atoms with Crippen LogP contribution in [-0.4, -0.2) is 20.0 Å². The zero-order valence-electron chi connectivity index (χ0n) is 14.9. The third kappa shape index (κ3) is 3.19. The lowest BCUT2D eigenvalue weighted by molar-refractivity contribution is -0.0105. The van der Waals surface area contributed by atoms with Gasteiger partial charge in [-0.2, -0.15) is 5.10 Å². The Balaban J connectivity index is 1.40. The minimum Gasteiger partial charge on any atom is -0.331 e. The molecule has 1 aromatic carbocycles. The molecule has 4 saturated carbocycles. The minimum atomic E-state index is 0.130. The van der Waals surface area contributed by atoms with Crippen LogP contribution in [0.4, 0.5) is 5.69 Å². The highest BCUT2D eigenvalue weighted by atomic mass is 35.5. The van der Waals surface area contributed by atoms with E-state index in [0.717, 1.165) is 29.3 Å². The Labute approximate surface area is 173 Å². The molecule has 0 unspecified atom stereocenters. The highest BCUT2D eigenvalue weighted by molar-refractivity contribution is 7.80. The van der Waals surface area contributed by atoms with Crippen LogP contribution in [0.3, 0.4) is 0 Å². The fraction of sp³-hybridized carbons (Fsp3) is 0.526. The van der Waals surface area contributed by atoms with Crippen LogP contribution in [0.5, 0.6) is 0 Å². The molecule has 3 N–H and O–H groups in total. The van der Waals surface area contributed by atoms with E-state index in [1.54, 1.807) is 0 Å². The lowest BCUT2D eigenvalue weighted by Crippen LogP contribution is -2.50. The summed E-state index contributed by atoms with van der Waals surface area (Å²) < 4.78 is 2.44. The second-order valence-corrected chi connectivity index (χ2v) is 9.69. The Kier molecular flexibility index (Phi) is 4.29. The molecule has 6 rings (SSSR count). The van der Waals surface area contributed by atoms with Gasteiger partial charge in [0.15, 0.2) is 10.9 Å². The molecular weight excluding hydrogens is 398 g/mol. The van der Waals surface area contributed by atoms with Gasteiger partial charge >= 0.3 is 0 Å². The summed E-state index contributed by atoms with van der Waals surface area (Å²) in [6.07, 6.45) is 7.85. The van der Waals surface area contributed by atoms with E-state index in [2.05, 4.69) is 20.9 Å². The maximum Gasteiger partial charge on any atom is 0.214 e. The van der Waals surface area contributed by atoms with Crippen LogP contribution in [0.25, 0.3) is 0 Å². The van der Waals surface area contributed by atoms with Crippen molar-refractivity contribution < 1.29 is 0 Å². The van der Waals surface area contributed by atoms with Crippen LogP contribution in [0.1, 0.15) is 44.3 Å². The first-order valence-electron chi connectivity index (χ1n) is 9.52. The number of aromatic amines is 1. The summed E-state index contributed by atoms with van der Waals surface area (Å²) in [6, 6.07) is 7.45. The number of halogens is 1. The largest absolute Gasteiger partial charge is 0.331 e. The number of aromatic nitrogens is 3. The van der Waals surface area contributed by atoms with Crippen LogP contribution in [0.2, 0.25) is 5.02 Å². The van der Waals surface area contributed by atoms with Gasteiger partial charge in [-0.25, -0.2) is 4.68 Å². The van der Waals surface area contributed by atoms with Crippen LogP contribution in [0.15, 0.2) is 24.3 Å². The van der Waals surface area contributed by atoms with Crippen LogP contribution in [0, 0.1) is 22.5 Å². The average molecular weight is 420 g/mol. The molecule has 0 saturated heterocycles. The van der Waals surface area contributed by atoms with Crippen molar-refractivity contribution in [3.8, 4) is 0 Å². The van der Waals surface area contributed by atoms with Crippen molar-refractivity contribution in [3.05, 3.63) is 39.9 Å². The molecule has 4 fully saturated rings. The van der Waals surface area contributed by atoms with Crippen LogP contribution >= 0.6 is 36.0 Å². The predicted octanol–water partition coefficient (Wildman–Crippen LogP) is 5.00. The smallest absolute Gasteiger partial charge is 0.214 e. The monoisotopic (exact) mass is 419 g/mol. The van der Waals surface area contributed by atoms with Crippen LogP contribution in [-0.2, 0) is 5.41 Å². The lowest BCUT2D eigenvalue weighted by Gasteiger charge is -2.56. The Morgan fingerprint density at radius 2 is 1.70 bits per heavy atom. The SMILES string of the molecule is S=C(Nc1ccc(Cl)cc1)Nn1c(C23CC4CC(CC(C4)C2)C3)n[nH]c1=S. The van der Waals surface area contributed by atoms with E-state index in [0.29, 0.717) is 14.9 Å². The third-order valence-corrected chi connectivity index (χ3v) is 7.22. The first-order chi connectivity index (χ1) is 13.0. The van der Waals surface area contributed by atoms with Gasteiger partial charge in [0.2, 0.25) is 4.77 Å². The van der Waals surface area contributed by atoms with Crippen LogP contribution < -0.4 is 10.7 Å². The fourth-order valence-electron chi connectivity index (χ4n) is 5.93. The van der Waals surface area contributed by atoms with Gasteiger partial charge < -0.3 is 5.32 Å². The van der Waals surface area contributed by atoms with Gasteiger partial charge in [0.05, 0.1) is 0 Å². The molecule has 0 spiro atoms. The normalized spacial score (nSPS) is 31.1. The van der Waals surface area contributed by atoms with E-state index in [-0.39, 0.29) is 5.41 Å². The molecule has 27 heavy (non-hydrogen) atoms. The number of hydrogen-bond donors (Lipinski definition) is 3. The van der Waals surface area contributed by atoms with E-state index in [1.165, 1.54) is 38.5 Å². The maximum absolute atomic E-state index is 5.95. The van der Waals surface area contributed by atoms with Crippen molar-refractivity contribution >= 4 is 46.8 Å². The first kappa shape index (κ1) is 17.6. The quantitative estimate of drug-likeness (QED) is 0.611. The second-order valence-electron chi connectivity index (χ2n) is 8.46. The predicted molar refractivity (Wildman–Crippen MR) is 114 cm³/mol. The number of thiocarbonyl (C=S) groups is 1. The molecule has 0 aliphatic heterocycles. The topological polar surface area (TPSA) is 57.7 Å². The molecule has 0 atom stereocenters. The number of hydrogen-bond acceptors (Lipinski definition) is 3. The molecule has 142 valence electrons. The highest BCUT2D eigenvalue weighted by Gasteiger charge is 2.53. The summed E-state index contributed by atoms with van der Waals surface area (Å²) >= 11 is 17.0. The molecule has 4 aliphatic carbocycles. The van der Waals surface area contributed by atoms with Crippen molar-refractivity contribution in [1.29, 1.82) is 0 Å². The molecule has 0 radical (unpaired) electrons. The fourth-order valence-corrected chi connectivity index (χ4v) is 6.45. The minimum absolute atomic E-state index is 0.130. The standard InChI is InChI=1S/C19H22ClN5S2/c20-14-1-3-15(4-2-14)21-17(26)24-25-16(22-23-18(25)27)19-8-11-5-12(9-19)7-13(6-11)10-19/h1-4,11-13H,5-10H2,(H,23,27)(H2,21,24,26). The van der Waals surface area contributed by atoms with Gasteiger partial charge in [-0.05, 0) is 105 Å². The molecular formula is C19H22ClN5S2. The van der Waals surface area contributed by atoms with Crippen molar-refractivity contribution in [2.24, 2.45) is 17.8 Å². The summed E-state index contributed by atoms with van der Waals surface area (Å²) in [4.78, 5) is 0. The Hall–Kier alpha value is -1.44. The Morgan fingerprint density at radius 3 is 2.30 bits per heavy atom. The molecule has 4 bridgehead atoms. The zero-order chi connectivity index (χ0) is 18.6. The molecule has 2 aromatic rings.